The van der Waals surface area contributed by atoms with Crippen molar-refractivity contribution in [1.82, 2.24) is 15.2 Å². The predicted octanol–water partition coefficient (Wildman–Crippen LogP) is 3.81. The van der Waals surface area contributed by atoms with Crippen molar-refractivity contribution in [1.29, 1.82) is 0 Å². The molecule has 4 nitrogen and oxygen atoms in total. The second-order valence-electron chi connectivity index (χ2n) is 6.65. The second-order valence-corrected chi connectivity index (χ2v) is 6.65. The van der Waals surface area contributed by atoms with Crippen molar-refractivity contribution in [3.8, 4) is 0 Å². The first-order valence-corrected chi connectivity index (χ1v) is 8.62. The van der Waals surface area contributed by atoms with E-state index in [0.717, 1.165) is 12.0 Å². The summed E-state index contributed by atoms with van der Waals surface area (Å²) in [5.74, 6) is 0.610. The third kappa shape index (κ3) is 4.13. The van der Waals surface area contributed by atoms with Crippen LogP contribution < -0.4 is 5.32 Å². The van der Waals surface area contributed by atoms with Crippen LogP contribution in [0.15, 0.2) is 54.9 Å². The molecule has 0 bridgehead atoms. The smallest absolute Gasteiger partial charge is 0.317 e. The van der Waals surface area contributed by atoms with Gasteiger partial charge in [0.25, 0.3) is 0 Å². The second kappa shape index (κ2) is 7.47. The molecule has 1 aromatic carbocycles. The van der Waals surface area contributed by atoms with Crippen LogP contribution in [-0.2, 0) is 6.42 Å². The molecule has 2 amide bonds. The highest BCUT2D eigenvalue weighted by Gasteiger charge is 2.33. The monoisotopic (exact) mass is 323 g/mol. The van der Waals surface area contributed by atoms with Gasteiger partial charge in [-0.1, -0.05) is 30.3 Å². The van der Waals surface area contributed by atoms with Crippen molar-refractivity contribution in [2.45, 2.75) is 38.3 Å². The van der Waals surface area contributed by atoms with Gasteiger partial charge in [0.1, 0.15) is 0 Å². The van der Waals surface area contributed by atoms with Gasteiger partial charge < -0.3 is 10.2 Å². The van der Waals surface area contributed by atoms with Gasteiger partial charge in [0.2, 0.25) is 0 Å². The highest BCUT2D eigenvalue weighted by atomic mass is 16.2. The van der Waals surface area contributed by atoms with Gasteiger partial charge in [0.05, 0.1) is 6.04 Å². The summed E-state index contributed by atoms with van der Waals surface area (Å²) in [6.07, 6.45) is 6.84. The first-order chi connectivity index (χ1) is 11.6. The quantitative estimate of drug-likeness (QED) is 0.878. The van der Waals surface area contributed by atoms with E-state index in [4.69, 9.17) is 0 Å². The van der Waals surface area contributed by atoms with E-state index in [-0.39, 0.29) is 18.1 Å². The number of hydrogen-bond donors (Lipinski definition) is 1. The molecule has 3 rings (SSSR count). The van der Waals surface area contributed by atoms with Gasteiger partial charge in [-0.2, -0.15) is 0 Å². The first-order valence-electron chi connectivity index (χ1n) is 8.62. The molecule has 0 aliphatic heterocycles. The molecule has 1 saturated carbocycles. The molecular weight excluding hydrogens is 298 g/mol. The van der Waals surface area contributed by atoms with Crippen LogP contribution in [0.25, 0.3) is 0 Å². The maximum absolute atomic E-state index is 12.7. The fourth-order valence-electron chi connectivity index (χ4n) is 3.00. The van der Waals surface area contributed by atoms with Crippen molar-refractivity contribution < 1.29 is 4.79 Å². The van der Waals surface area contributed by atoms with Crippen LogP contribution in [0.5, 0.6) is 0 Å². The lowest BCUT2D eigenvalue weighted by atomic mass is 10.0. The number of amides is 2. The number of rotatable bonds is 6. The van der Waals surface area contributed by atoms with Crippen LogP contribution in [0.3, 0.4) is 0 Å². The van der Waals surface area contributed by atoms with Gasteiger partial charge in [-0.15, -0.1) is 0 Å². The summed E-state index contributed by atoms with van der Waals surface area (Å²) in [5.41, 5.74) is 2.37. The van der Waals surface area contributed by atoms with Crippen LogP contribution in [-0.4, -0.2) is 29.0 Å². The SMILES string of the molecule is C[C@H](c1ccncc1)N(C)C(=O)N[C@@H](Cc1ccccc1)C1CC1. The van der Waals surface area contributed by atoms with Gasteiger partial charge in [0, 0.05) is 25.5 Å². The average molecular weight is 323 g/mol. The molecule has 1 aliphatic rings. The Bertz CT molecular complexity index is 655. The van der Waals surface area contributed by atoms with E-state index >= 15 is 0 Å². The van der Waals surface area contributed by atoms with Gasteiger partial charge in [-0.25, -0.2) is 4.79 Å². The number of aromatic nitrogens is 1. The van der Waals surface area contributed by atoms with Crippen molar-refractivity contribution >= 4 is 6.03 Å². The van der Waals surface area contributed by atoms with E-state index in [1.807, 2.05) is 32.2 Å². The Hall–Kier alpha value is -2.36. The highest BCUT2D eigenvalue weighted by Crippen LogP contribution is 2.34. The van der Waals surface area contributed by atoms with Gasteiger partial charge >= 0.3 is 6.03 Å². The van der Waals surface area contributed by atoms with Gasteiger partial charge in [-0.05, 0) is 55.4 Å². The fourth-order valence-corrected chi connectivity index (χ4v) is 3.00. The normalized spacial score (nSPS) is 16.2. The summed E-state index contributed by atoms with van der Waals surface area (Å²) in [4.78, 5) is 18.5. The molecular formula is C20H25N3O. The predicted molar refractivity (Wildman–Crippen MR) is 95.6 cm³/mol. The van der Waals surface area contributed by atoms with Crippen LogP contribution in [0.4, 0.5) is 4.79 Å². The molecule has 1 aromatic heterocycles. The number of nitrogens with one attached hydrogen (secondary N) is 1. The number of urea groups is 1. The van der Waals surface area contributed by atoms with Crippen molar-refractivity contribution in [2.24, 2.45) is 5.92 Å². The van der Waals surface area contributed by atoms with Crippen molar-refractivity contribution in [3.63, 3.8) is 0 Å². The molecule has 2 atom stereocenters. The topological polar surface area (TPSA) is 45.2 Å². The molecule has 0 spiro atoms. The molecule has 1 aliphatic carbocycles. The molecule has 4 heteroatoms. The summed E-state index contributed by atoms with van der Waals surface area (Å²) < 4.78 is 0. The van der Waals surface area contributed by atoms with E-state index in [9.17, 15) is 4.79 Å². The van der Waals surface area contributed by atoms with Crippen LogP contribution in [0.1, 0.15) is 36.9 Å². The lowest BCUT2D eigenvalue weighted by Crippen LogP contribution is -2.45. The molecule has 1 N–H and O–H groups in total. The summed E-state index contributed by atoms with van der Waals surface area (Å²) in [6, 6.07) is 14.5. The Kier molecular flexibility index (Phi) is 5.14. The number of pyridine rings is 1. The summed E-state index contributed by atoms with van der Waals surface area (Å²) in [7, 11) is 1.85. The molecule has 2 aromatic rings. The summed E-state index contributed by atoms with van der Waals surface area (Å²) in [6.45, 7) is 2.04. The Labute approximate surface area is 143 Å². The molecule has 0 saturated heterocycles. The number of carbonyl (C=O) groups excluding carboxylic acids is 1. The number of hydrogen-bond acceptors (Lipinski definition) is 2. The lowest BCUT2D eigenvalue weighted by molar-refractivity contribution is 0.188. The van der Waals surface area contributed by atoms with Crippen LogP contribution >= 0.6 is 0 Å². The van der Waals surface area contributed by atoms with E-state index in [2.05, 4.69) is 34.6 Å². The minimum Gasteiger partial charge on any atom is -0.335 e. The van der Waals surface area contributed by atoms with Crippen LogP contribution in [0.2, 0.25) is 0 Å². The number of nitrogens with zero attached hydrogens (tertiary/aromatic N) is 2. The molecule has 126 valence electrons. The largest absolute Gasteiger partial charge is 0.335 e. The molecule has 1 fully saturated rings. The van der Waals surface area contributed by atoms with Crippen LogP contribution in [0, 0.1) is 5.92 Å². The lowest BCUT2D eigenvalue weighted by Gasteiger charge is -2.28. The van der Waals surface area contributed by atoms with Crippen molar-refractivity contribution in [2.75, 3.05) is 7.05 Å². The van der Waals surface area contributed by atoms with Gasteiger partial charge in [0.15, 0.2) is 0 Å². The third-order valence-electron chi connectivity index (χ3n) is 4.89. The number of carbonyl (C=O) groups is 1. The van der Waals surface area contributed by atoms with E-state index in [0.29, 0.717) is 5.92 Å². The Balaban J connectivity index is 1.63. The maximum atomic E-state index is 12.7. The number of benzene rings is 1. The van der Waals surface area contributed by atoms with Crippen molar-refractivity contribution in [3.05, 3.63) is 66.0 Å². The molecule has 0 radical (unpaired) electrons. The van der Waals surface area contributed by atoms with E-state index in [1.165, 1.54) is 18.4 Å². The zero-order valence-corrected chi connectivity index (χ0v) is 14.4. The first kappa shape index (κ1) is 16.5. The maximum Gasteiger partial charge on any atom is 0.317 e. The molecule has 24 heavy (non-hydrogen) atoms. The van der Waals surface area contributed by atoms with Gasteiger partial charge in [-0.3, -0.25) is 4.98 Å². The summed E-state index contributed by atoms with van der Waals surface area (Å²) >= 11 is 0. The Morgan fingerprint density at radius 3 is 2.50 bits per heavy atom. The highest BCUT2D eigenvalue weighted by molar-refractivity contribution is 5.75. The molecule has 1 heterocycles. The fraction of sp³-hybridized carbons (Fsp3) is 0.400. The minimum absolute atomic E-state index is 0.00727. The Morgan fingerprint density at radius 2 is 1.88 bits per heavy atom. The van der Waals surface area contributed by atoms with E-state index < -0.39 is 0 Å². The zero-order chi connectivity index (χ0) is 16.9. The third-order valence-corrected chi connectivity index (χ3v) is 4.89. The summed E-state index contributed by atoms with van der Waals surface area (Å²) in [5, 5.41) is 3.25. The zero-order valence-electron chi connectivity index (χ0n) is 14.4. The Morgan fingerprint density at radius 1 is 1.21 bits per heavy atom. The van der Waals surface area contributed by atoms with E-state index in [1.54, 1.807) is 17.3 Å². The standard InChI is InChI=1S/C20H25N3O/c1-15(17-10-12-21-13-11-17)23(2)20(24)22-19(18-8-9-18)14-16-6-4-3-5-7-16/h3-7,10-13,15,18-19H,8-9,14H2,1-2H3,(H,22,24)/t15-,19+/m1/s1. The average Bonchev–Trinajstić information content (AvgIpc) is 3.46. The molecule has 0 unspecified atom stereocenters. The minimum atomic E-state index is -0.00727.